The molecule has 2 saturated heterocycles. The quantitative estimate of drug-likeness (QED) is 0.807. The van der Waals surface area contributed by atoms with Gasteiger partial charge >= 0.3 is 5.97 Å². The smallest absolute Gasteiger partial charge is 0.326 e. The molecule has 3 atom stereocenters. The molecule has 2 fully saturated rings. The van der Waals surface area contributed by atoms with Gasteiger partial charge in [-0.05, 0) is 44.6 Å². The number of nitrogens with zero attached hydrogens (tertiary/aromatic N) is 1. The van der Waals surface area contributed by atoms with Gasteiger partial charge in [0.15, 0.2) is 0 Å². The fourth-order valence-electron chi connectivity index (χ4n) is 3.21. The van der Waals surface area contributed by atoms with Crippen LogP contribution >= 0.6 is 0 Å². The molecule has 2 aliphatic rings. The summed E-state index contributed by atoms with van der Waals surface area (Å²) in [6.07, 6.45) is 5.45. The minimum atomic E-state index is -0.865. The highest BCUT2D eigenvalue weighted by Gasteiger charge is 2.36. The van der Waals surface area contributed by atoms with Crippen LogP contribution in [-0.4, -0.2) is 47.1 Å². The lowest BCUT2D eigenvalue weighted by molar-refractivity contribution is -0.153. The molecule has 5 heteroatoms. The van der Waals surface area contributed by atoms with Crippen molar-refractivity contribution in [1.82, 2.24) is 10.2 Å². The molecule has 2 aliphatic heterocycles. The number of rotatable bonds is 3. The maximum Gasteiger partial charge on any atom is 0.326 e. The van der Waals surface area contributed by atoms with Crippen molar-refractivity contribution in [1.29, 1.82) is 0 Å². The first-order chi connectivity index (χ1) is 9.13. The molecule has 0 aromatic carbocycles. The number of carboxylic acid groups (broad SMARTS) is 1. The average molecular weight is 268 g/mol. The number of amides is 1. The summed E-state index contributed by atoms with van der Waals surface area (Å²) >= 11 is 0. The van der Waals surface area contributed by atoms with Crippen molar-refractivity contribution >= 4 is 11.9 Å². The van der Waals surface area contributed by atoms with Crippen molar-refractivity contribution in [2.24, 2.45) is 5.92 Å². The molecule has 0 saturated carbocycles. The Morgan fingerprint density at radius 2 is 2.11 bits per heavy atom. The monoisotopic (exact) mass is 268 g/mol. The van der Waals surface area contributed by atoms with Crippen LogP contribution in [0.3, 0.4) is 0 Å². The SMILES string of the molecule is CCC1CCNC(C(=O)N2CCCCC2C(=O)O)C1. The maximum atomic E-state index is 12.5. The van der Waals surface area contributed by atoms with Gasteiger partial charge in [-0.2, -0.15) is 0 Å². The number of nitrogens with one attached hydrogen (secondary N) is 1. The summed E-state index contributed by atoms with van der Waals surface area (Å²) in [6, 6.07) is -0.802. The van der Waals surface area contributed by atoms with E-state index in [1.165, 1.54) is 0 Å². The number of hydrogen-bond donors (Lipinski definition) is 2. The van der Waals surface area contributed by atoms with Crippen LogP contribution in [0, 0.1) is 5.92 Å². The summed E-state index contributed by atoms with van der Waals surface area (Å²) in [5.74, 6) is -0.288. The van der Waals surface area contributed by atoms with E-state index in [9.17, 15) is 14.7 Å². The van der Waals surface area contributed by atoms with E-state index in [2.05, 4.69) is 12.2 Å². The van der Waals surface area contributed by atoms with E-state index in [1.807, 2.05) is 0 Å². The maximum absolute atomic E-state index is 12.5. The highest BCUT2D eigenvalue weighted by Crippen LogP contribution is 2.24. The molecule has 108 valence electrons. The Morgan fingerprint density at radius 3 is 2.79 bits per heavy atom. The van der Waals surface area contributed by atoms with Gasteiger partial charge in [0.25, 0.3) is 0 Å². The van der Waals surface area contributed by atoms with E-state index >= 15 is 0 Å². The number of carboxylic acids is 1. The lowest BCUT2D eigenvalue weighted by Crippen LogP contribution is -2.56. The molecule has 0 aliphatic carbocycles. The summed E-state index contributed by atoms with van der Waals surface area (Å²) in [6.45, 7) is 3.60. The van der Waals surface area contributed by atoms with Crippen molar-refractivity contribution in [3.8, 4) is 0 Å². The predicted octanol–water partition coefficient (Wildman–Crippen LogP) is 1.23. The zero-order valence-corrected chi connectivity index (χ0v) is 11.6. The van der Waals surface area contributed by atoms with Crippen LogP contribution in [-0.2, 0) is 9.59 Å². The van der Waals surface area contributed by atoms with Gasteiger partial charge in [-0.15, -0.1) is 0 Å². The van der Waals surface area contributed by atoms with Crippen molar-refractivity contribution in [2.45, 2.75) is 57.5 Å². The van der Waals surface area contributed by atoms with Crippen molar-refractivity contribution < 1.29 is 14.7 Å². The molecule has 1 amide bonds. The minimum absolute atomic E-state index is 0.00903. The van der Waals surface area contributed by atoms with E-state index in [0.717, 1.165) is 38.6 Å². The number of aliphatic carboxylic acids is 1. The molecule has 0 spiro atoms. The molecule has 3 unspecified atom stereocenters. The third-order valence-electron chi connectivity index (χ3n) is 4.46. The number of piperidine rings is 2. The van der Waals surface area contributed by atoms with Gasteiger partial charge in [-0.1, -0.05) is 13.3 Å². The van der Waals surface area contributed by atoms with Crippen molar-refractivity contribution in [2.75, 3.05) is 13.1 Å². The summed E-state index contributed by atoms with van der Waals surface area (Å²) in [4.78, 5) is 25.4. The van der Waals surface area contributed by atoms with Crippen LogP contribution in [0.15, 0.2) is 0 Å². The van der Waals surface area contributed by atoms with E-state index in [-0.39, 0.29) is 11.9 Å². The van der Waals surface area contributed by atoms with Gasteiger partial charge in [-0.25, -0.2) is 4.79 Å². The van der Waals surface area contributed by atoms with Crippen LogP contribution in [0.25, 0.3) is 0 Å². The molecule has 2 heterocycles. The molecular formula is C14H24N2O3. The average Bonchev–Trinajstić information content (AvgIpc) is 2.46. The zero-order valence-electron chi connectivity index (χ0n) is 11.6. The van der Waals surface area contributed by atoms with E-state index in [1.54, 1.807) is 4.90 Å². The minimum Gasteiger partial charge on any atom is -0.480 e. The Balaban J connectivity index is 2.02. The molecule has 0 aromatic rings. The Morgan fingerprint density at radius 1 is 1.32 bits per heavy atom. The molecule has 2 rings (SSSR count). The summed E-state index contributed by atoms with van der Waals surface area (Å²) in [5.41, 5.74) is 0. The second-order valence-corrected chi connectivity index (χ2v) is 5.69. The molecule has 0 aromatic heterocycles. The Labute approximate surface area is 114 Å². The van der Waals surface area contributed by atoms with Crippen LogP contribution in [0.5, 0.6) is 0 Å². The van der Waals surface area contributed by atoms with Gasteiger partial charge in [0.2, 0.25) is 5.91 Å². The van der Waals surface area contributed by atoms with Crippen molar-refractivity contribution in [3.05, 3.63) is 0 Å². The van der Waals surface area contributed by atoms with Crippen LogP contribution < -0.4 is 5.32 Å². The highest BCUT2D eigenvalue weighted by molar-refractivity contribution is 5.87. The second kappa shape index (κ2) is 6.37. The van der Waals surface area contributed by atoms with E-state index in [4.69, 9.17) is 0 Å². The molecule has 5 nitrogen and oxygen atoms in total. The lowest BCUT2D eigenvalue weighted by atomic mass is 9.89. The molecule has 19 heavy (non-hydrogen) atoms. The topological polar surface area (TPSA) is 69.6 Å². The summed E-state index contributed by atoms with van der Waals surface area (Å²) in [7, 11) is 0. The normalized spacial score (nSPS) is 32.1. The van der Waals surface area contributed by atoms with E-state index < -0.39 is 12.0 Å². The highest BCUT2D eigenvalue weighted by atomic mass is 16.4. The van der Waals surface area contributed by atoms with E-state index in [0.29, 0.717) is 18.9 Å². The van der Waals surface area contributed by atoms with Crippen molar-refractivity contribution in [3.63, 3.8) is 0 Å². The van der Waals surface area contributed by atoms with Gasteiger partial charge in [0.1, 0.15) is 6.04 Å². The van der Waals surface area contributed by atoms with Gasteiger partial charge < -0.3 is 15.3 Å². The summed E-state index contributed by atoms with van der Waals surface area (Å²) < 4.78 is 0. The van der Waals surface area contributed by atoms with Gasteiger partial charge in [0.05, 0.1) is 6.04 Å². The number of hydrogen-bond acceptors (Lipinski definition) is 3. The molecule has 2 N–H and O–H groups in total. The number of carbonyl (C=O) groups excluding carboxylic acids is 1. The van der Waals surface area contributed by atoms with Crippen LogP contribution in [0.4, 0.5) is 0 Å². The fourth-order valence-corrected chi connectivity index (χ4v) is 3.21. The van der Waals surface area contributed by atoms with Gasteiger partial charge in [-0.3, -0.25) is 4.79 Å². The predicted molar refractivity (Wildman–Crippen MR) is 71.8 cm³/mol. The second-order valence-electron chi connectivity index (χ2n) is 5.69. The lowest BCUT2D eigenvalue weighted by Gasteiger charge is -2.38. The Kier molecular flexibility index (Phi) is 4.80. The summed E-state index contributed by atoms with van der Waals surface area (Å²) in [5, 5.41) is 12.5. The Hall–Kier alpha value is -1.10. The Bertz CT molecular complexity index is 346. The van der Waals surface area contributed by atoms with Crippen LogP contribution in [0.2, 0.25) is 0 Å². The van der Waals surface area contributed by atoms with Crippen LogP contribution in [0.1, 0.15) is 45.4 Å². The third-order valence-corrected chi connectivity index (χ3v) is 4.46. The number of carbonyl (C=O) groups is 2. The standard InChI is InChI=1S/C14H24N2O3/c1-2-10-6-7-15-11(9-10)13(17)16-8-4-3-5-12(16)14(18)19/h10-12,15H,2-9H2,1H3,(H,18,19). The molecule has 0 radical (unpaired) electrons. The third kappa shape index (κ3) is 3.26. The first kappa shape index (κ1) is 14.3. The largest absolute Gasteiger partial charge is 0.480 e. The first-order valence-electron chi connectivity index (χ1n) is 7.40. The first-order valence-corrected chi connectivity index (χ1v) is 7.40. The fraction of sp³-hybridized carbons (Fsp3) is 0.857. The molecule has 0 bridgehead atoms. The zero-order chi connectivity index (χ0) is 13.8. The van der Waals surface area contributed by atoms with Gasteiger partial charge in [0, 0.05) is 6.54 Å². The molecular weight excluding hydrogens is 244 g/mol. The number of likely N-dealkylation sites (tertiary alicyclic amines) is 1.